The lowest BCUT2D eigenvalue weighted by molar-refractivity contribution is 0.102. The summed E-state index contributed by atoms with van der Waals surface area (Å²) in [6.45, 7) is 0.388. The number of halogens is 3. The molecular weight excluding hydrogens is 525 g/mol. The van der Waals surface area contributed by atoms with Gasteiger partial charge < -0.3 is 14.8 Å². The number of para-hydroxylation sites is 2. The minimum Gasteiger partial charge on any atom is -0.493 e. The van der Waals surface area contributed by atoms with Crippen LogP contribution in [0.4, 0.5) is 10.2 Å². The molecule has 0 bridgehead atoms. The van der Waals surface area contributed by atoms with Crippen molar-refractivity contribution in [2.45, 2.75) is 13.2 Å². The minimum atomic E-state index is -0.420. The van der Waals surface area contributed by atoms with Crippen molar-refractivity contribution in [1.29, 1.82) is 0 Å². The fourth-order valence-corrected chi connectivity index (χ4v) is 3.93. The lowest BCUT2D eigenvalue weighted by Crippen LogP contribution is -2.14. The second-order valence-corrected chi connectivity index (χ2v) is 8.58. The van der Waals surface area contributed by atoms with Crippen LogP contribution in [-0.4, -0.2) is 22.8 Å². The van der Waals surface area contributed by atoms with Crippen LogP contribution in [0.25, 0.3) is 0 Å². The van der Waals surface area contributed by atoms with Crippen molar-refractivity contribution in [1.82, 2.24) is 9.78 Å². The standard InChI is InChI=1S/C25H20BrClFN3O3/c1-33-22-10-2-3-11-23(22)34-15-16-6-4-7-17(12-16)25(32)29-24-19(26)14-31(30-24)13-18-20(27)8-5-9-21(18)28/h2-12,14H,13,15H2,1H3,(H,29,30,32). The summed E-state index contributed by atoms with van der Waals surface area (Å²) in [4.78, 5) is 12.8. The number of benzene rings is 3. The van der Waals surface area contributed by atoms with Crippen molar-refractivity contribution in [3.05, 3.63) is 105 Å². The van der Waals surface area contributed by atoms with E-state index >= 15 is 0 Å². The molecule has 0 unspecified atom stereocenters. The summed E-state index contributed by atoms with van der Waals surface area (Å²) in [5.41, 5.74) is 1.58. The van der Waals surface area contributed by atoms with Gasteiger partial charge in [-0.05, 0) is 57.9 Å². The highest BCUT2D eigenvalue weighted by molar-refractivity contribution is 9.10. The predicted octanol–water partition coefficient (Wildman–Crippen LogP) is 6.33. The van der Waals surface area contributed by atoms with Gasteiger partial charge in [-0.2, -0.15) is 5.10 Å². The van der Waals surface area contributed by atoms with Crippen molar-refractivity contribution in [3.8, 4) is 11.5 Å². The van der Waals surface area contributed by atoms with Gasteiger partial charge in [0.15, 0.2) is 17.3 Å². The number of amides is 1. The summed E-state index contributed by atoms with van der Waals surface area (Å²) in [5, 5.41) is 7.43. The highest BCUT2D eigenvalue weighted by Gasteiger charge is 2.15. The first kappa shape index (κ1) is 23.8. The first-order valence-electron chi connectivity index (χ1n) is 10.3. The summed E-state index contributed by atoms with van der Waals surface area (Å²) in [5.74, 6) is 0.803. The molecule has 4 aromatic rings. The zero-order chi connectivity index (χ0) is 24.1. The van der Waals surface area contributed by atoms with Crippen molar-refractivity contribution in [3.63, 3.8) is 0 Å². The highest BCUT2D eigenvalue weighted by atomic mass is 79.9. The number of rotatable bonds is 8. The van der Waals surface area contributed by atoms with Crippen LogP contribution in [0, 0.1) is 5.82 Å². The summed E-state index contributed by atoms with van der Waals surface area (Å²) in [7, 11) is 1.58. The second-order valence-electron chi connectivity index (χ2n) is 7.32. The third-order valence-electron chi connectivity index (χ3n) is 4.98. The Morgan fingerprint density at radius 1 is 1.12 bits per heavy atom. The van der Waals surface area contributed by atoms with Crippen LogP contribution in [0.1, 0.15) is 21.5 Å². The number of ether oxygens (including phenoxy) is 2. The molecule has 3 aromatic carbocycles. The van der Waals surface area contributed by atoms with Gasteiger partial charge in [0.05, 0.1) is 18.1 Å². The average Bonchev–Trinajstić information content (AvgIpc) is 3.19. The number of anilines is 1. The molecule has 1 aromatic heterocycles. The van der Waals surface area contributed by atoms with Gasteiger partial charge in [0, 0.05) is 22.3 Å². The minimum absolute atomic E-state index is 0.121. The van der Waals surface area contributed by atoms with E-state index in [1.165, 1.54) is 10.7 Å². The van der Waals surface area contributed by atoms with Gasteiger partial charge in [0.2, 0.25) is 0 Å². The fraction of sp³-hybridized carbons (Fsp3) is 0.120. The third-order valence-corrected chi connectivity index (χ3v) is 5.92. The van der Waals surface area contributed by atoms with Crippen LogP contribution in [0.5, 0.6) is 11.5 Å². The van der Waals surface area contributed by atoms with Gasteiger partial charge >= 0.3 is 0 Å². The van der Waals surface area contributed by atoms with Crippen molar-refractivity contribution >= 4 is 39.3 Å². The van der Waals surface area contributed by atoms with Crippen LogP contribution in [-0.2, 0) is 13.2 Å². The van der Waals surface area contributed by atoms with E-state index in [1.807, 2.05) is 30.3 Å². The first-order valence-corrected chi connectivity index (χ1v) is 11.4. The number of hydrogen-bond acceptors (Lipinski definition) is 4. The normalized spacial score (nSPS) is 10.7. The largest absolute Gasteiger partial charge is 0.493 e. The number of nitrogens with one attached hydrogen (secondary N) is 1. The van der Waals surface area contributed by atoms with Crippen LogP contribution in [0.2, 0.25) is 5.02 Å². The molecule has 174 valence electrons. The van der Waals surface area contributed by atoms with E-state index in [-0.39, 0.29) is 19.1 Å². The Labute approximate surface area is 209 Å². The van der Waals surface area contributed by atoms with E-state index in [1.54, 1.807) is 43.6 Å². The maximum atomic E-state index is 14.1. The molecule has 0 aliphatic carbocycles. The lowest BCUT2D eigenvalue weighted by atomic mass is 10.1. The van der Waals surface area contributed by atoms with E-state index in [2.05, 4.69) is 26.3 Å². The van der Waals surface area contributed by atoms with Crippen LogP contribution >= 0.6 is 27.5 Å². The van der Waals surface area contributed by atoms with E-state index in [0.29, 0.717) is 37.9 Å². The number of methoxy groups -OCH3 is 1. The number of carbonyl (C=O) groups excluding carboxylic acids is 1. The molecule has 0 saturated carbocycles. The summed E-state index contributed by atoms with van der Waals surface area (Å²) in [6.07, 6.45) is 1.65. The third kappa shape index (κ3) is 5.58. The zero-order valence-electron chi connectivity index (χ0n) is 18.1. The zero-order valence-corrected chi connectivity index (χ0v) is 20.4. The van der Waals surface area contributed by atoms with Gasteiger partial charge in [0.25, 0.3) is 5.91 Å². The molecule has 34 heavy (non-hydrogen) atoms. The Balaban J connectivity index is 1.44. The molecule has 6 nitrogen and oxygen atoms in total. The van der Waals surface area contributed by atoms with E-state index in [9.17, 15) is 9.18 Å². The van der Waals surface area contributed by atoms with Gasteiger partial charge in [0.1, 0.15) is 12.4 Å². The predicted molar refractivity (Wildman–Crippen MR) is 132 cm³/mol. The van der Waals surface area contributed by atoms with Crippen LogP contribution < -0.4 is 14.8 Å². The maximum Gasteiger partial charge on any atom is 0.256 e. The molecule has 0 aliphatic heterocycles. The molecular formula is C25H20BrClFN3O3. The molecule has 9 heteroatoms. The van der Waals surface area contributed by atoms with Crippen LogP contribution in [0.15, 0.2) is 77.4 Å². The Morgan fingerprint density at radius 3 is 2.65 bits per heavy atom. The number of aromatic nitrogens is 2. The van der Waals surface area contributed by atoms with Gasteiger partial charge in [-0.15, -0.1) is 0 Å². The number of hydrogen-bond donors (Lipinski definition) is 1. The molecule has 0 saturated heterocycles. The van der Waals surface area contributed by atoms with Gasteiger partial charge in [-0.1, -0.05) is 41.9 Å². The number of carbonyl (C=O) groups is 1. The van der Waals surface area contributed by atoms with E-state index in [0.717, 1.165) is 5.56 Å². The quantitative estimate of drug-likeness (QED) is 0.282. The molecule has 1 heterocycles. The Hall–Kier alpha value is -3.36. The molecule has 0 radical (unpaired) electrons. The number of nitrogens with zero attached hydrogens (tertiary/aromatic N) is 2. The summed E-state index contributed by atoms with van der Waals surface area (Å²) < 4.78 is 27.3. The van der Waals surface area contributed by atoms with Crippen molar-refractivity contribution in [2.75, 3.05) is 12.4 Å². The fourth-order valence-electron chi connectivity index (χ4n) is 3.29. The highest BCUT2D eigenvalue weighted by Crippen LogP contribution is 2.27. The molecule has 4 rings (SSSR count). The van der Waals surface area contributed by atoms with Crippen molar-refractivity contribution < 1.29 is 18.7 Å². The topological polar surface area (TPSA) is 65.4 Å². The molecule has 1 amide bonds. The molecule has 0 atom stereocenters. The molecule has 0 aliphatic rings. The summed E-state index contributed by atoms with van der Waals surface area (Å²) >= 11 is 9.50. The van der Waals surface area contributed by atoms with E-state index < -0.39 is 5.82 Å². The van der Waals surface area contributed by atoms with Crippen LogP contribution in [0.3, 0.4) is 0 Å². The second kappa shape index (κ2) is 10.7. The van der Waals surface area contributed by atoms with Gasteiger partial charge in [-0.25, -0.2) is 4.39 Å². The van der Waals surface area contributed by atoms with Crippen molar-refractivity contribution in [2.24, 2.45) is 0 Å². The van der Waals surface area contributed by atoms with E-state index in [4.69, 9.17) is 21.1 Å². The first-order chi connectivity index (χ1) is 16.4. The molecule has 0 fully saturated rings. The monoisotopic (exact) mass is 543 g/mol. The molecule has 1 N–H and O–H groups in total. The summed E-state index contributed by atoms with van der Waals surface area (Å²) in [6, 6.07) is 19.0. The Morgan fingerprint density at radius 2 is 1.88 bits per heavy atom. The Kier molecular flexibility index (Phi) is 7.49. The van der Waals surface area contributed by atoms with Gasteiger partial charge in [-0.3, -0.25) is 9.48 Å². The molecule has 0 spiro atoms. The lowest BCUT2D eigenvalue weighted by Gasteiger charge is -2.11. The maximum absolute atomic E-state index is 14.1. The SMILES string of the molecule is COc1ccccc1OCc1cccc(C(=O)Nc2nn(Cc3c(F)cccc3Cl)cc2Br)c1. The smallest absolute Gasteiger partial charge is 0.256 e. The Bertz CT molecular complexity index is 1310. The average molecular weight is 545 g/mol.